The molecule has 0 radical (unpaired) electrons. The van der Waals surface area contributed by atoms with Gasteiger partial charge in [-0.3, -0.25) is 4.84 Å². The summed E-state index contributed by atoms with van der Waals surface area (Å²) in [4.78, 5) is 14.7. The first-order valence-corrected chi connectivity index (χ1v) is 3.30. The number of nitrogens with two attached hydrogens (primary N) is 1. The van der Waals surface area contributed by atoms with Crippen molar-refractivity contribution in [3.63, 3.8) is 0 Å². The minimum absolute atomic E-state index is 0.514. The van der Waals surface area contributed by atoms with Crippen molar-refractivity contribution >= 4 is 6.03 Å². The summed E-state index contributed by atoms with van der Waals surface area (Å²) in [6.45, 7) is 4.67. The first-order chi connectivity index (χ1) is 4.63. The van der Waals surface area contributed by atoms with E-state index >= 15 is 0 Å². The van der Waals surface area contributed by atoms with Crippen molar-refractivity contribution in [3.8, 4) is 0 Å². The van der Waals surface area contributed by atoms with Crippen LogP contribution in [0.1, 0.15) is 20.3 Å². The van der Waals surface area contributed by atoms with Gasteiger partial charge in [0.1, 0.15) is 0 Å². The molecule has 60 valence electrons. The van der Waals surface area contributed by atoms with Gasteiger partial charge in [0, 0.05) is 0 Å². The number of hydrogen-bond acceptors (Lipinski definition) is 2. The first-order valence-electron chi connectivity index (χ1n) is 3.30. The van der Waals surface area contributed by atoms with E-state index in [1.54, 1.807) is 0 Å². The molecule has 0 atom stereocenters. The van der Waals surface area contributed by atoms with Crippen LogP contribution in [-0.2, 0) is 4.84 Å². The Morgan fingerprint density at radius 1 is 1.70 bits per heavy atom. The molecule has 0 fully saturated rings. The Balaban J connectivity index is 2.98. The van der Waals surface area contributed by atoms with Gasteiger partial charge in [-0.25, -0.2) is 10.3 Å². The molecule has 0 saturated carbocycles. The topological polar surface area (TPSA) is 64.3 Å². The minimum Gasteiger partial charge on any atom is -0.350 e. The molecule has 0 bridgehead atoms. The number of amides is 2. The second kappa shape index (κ2) is 5.05. The van der Waals surface area contributed by atoms with Gasteiger partial charge in [0.25, 0.3) is 0 Å². The fraction of sp³-hybridized carbons (Fsp3) is 0.833. The summed E-state index contributed by atoms with van der Waals surface area (Å²) in [7, 11) is 0. The number of hydroxylamine groups is 1. The Morgan fingerprint density at radius 2 is 2.30 bits per heavy atom. The third kappa shape index (κ3) is 7.23. The van der Waals surface area contributed by atoms with E-state index in [4.69, 9.17) is 5.73 Å². The van der Waals surface area contributed by atoms with Gasteiger partial charge in [0.2, 0.25) is 0 Å². The summed E-state index contributed by atoms with van der Waals surface area (Å²) in [5.41, 5.74) is 6.77. The summed E-state index contributed by atoms with van der Waals surface area (Å²) < 4.78 is 0. The summed E-state index contributed by atoms with van der Waals surface area (Å²) in [6.07, 6.45) is 0.917. The molecule has 0 spiro atoms. The molecule has 3 N–H and O–H groups in total. The van der Waals surface area contributed by atoms with Gasteiger partial charge in [-0.05, 0) is 12.3 Å². The summed E-state index contributed by atoms with van der Waals surface area (Å²) in [6, 6.07) is -0.649. The summed E-state index contributed by atoms with van der Waals surface area (Å²) in [5.74, 6) is 0.578. The molecule has 0 rings (SSSR count). The third-order valence-electron chi connectivity index (χ3n) is 0.970. The van der Waals surface area contributed by atoms with Crippen molar-refractivity contribution in [1.82, 2.24) is 5.48 Å². The second-order valence-corrected chi connectivity index (χ2v) is 2.50. The highest BCUT2D eigenvalue weighted by Gasteiger charge is 1.94. The molecule has 10 heavy (non-hydrogen) atoms. The standard InChI is InChI=1S/C6H14N2O2/c1-5(2)3-4-10-8-6(7)9/h5H,3-4H2,1-2H3,(H3,7,8,9). The predicted molar refractivity (Wildman–Crippen MR) is 38.1 cm³/mol. The van der Waals surface area contributed by atoms with Gasteiger partial charge in [-0.2, -0.15) is 0 Å². The molecule has 0 aliphatic carbocycles. The summed E-state index contributed by atoms with van der Waals surface area (Å²) >= 11 is 0. The Morgan fingerprint density at radius 3 is 2.70 bits per heavy atom. The number of hydrogen-bond donors (Lipinski definition) is 2. The predicted octanol–water partition coefficient (Wildman–Crippen LogP) is 0.632. The molecule has 0 heterocycles. The monoisotopic (exact) mass is 146 g/mol. The van der Waals surface area contributed by atoms with E-state index in [0.717, 1.165) is 6.42 Å². The molecule has 0 aromatic heterocycles. The van der Waals surface area contributed by atoms with E-state index in [0.29, 0.717) is 12.5 Å². The molecular weight excluding hydrogens is 132 g/mol. The van der Waals surface area contributed by atoms with Crippen LogP contribution in [0, 0.1) is 5.92 Å². The maximum absolute atomic E-state index is 10.0. The van der Waals surface area contributed by atoms with Crippen LogP contribution in [0.25, 0.3) is 0 Å². The number of urea groups is 1. The van der Waals surface area contributed by atoms with Gasteiger partial charge in [-0.15, -0.1) is 0 Å². The van der Waals surface area contributed by atoms with E-state index in [1.807, 2.05) is 5.48 Å². The van der Waals surface area contributed by atoms with Crippen molar-refractivity contribution in [3.05, 3.63) is 0 Å². The molecule has 0 aliphatic rings. The van der Waals surface area contributed by atoms with Gasteiger partial charge in [-0.1, -0.05) is 13.8 Å². The fourth-order valence-electron chi connectivity index (χ4n) is 0.417. The van der Waals surface area contributed by atoms with Crippen molar-refractivity contribution in [2.45, 2.75) is 20.3 Å². The van der Waals surface area contributed by atoms with Crippen LogP contribution in [0.2, 0.25) is 0 Å². The van der Waals surface area contributed by atoms with E-state index in [-0.39, 0.29) is 0 Å². The highest BCUT2D eigenvalue weighted by molar-refractivity contribution is 5.70. The normalized spacial score (nSPS) is 9.90. The van der Waals surface area contributed by atoms with Crippen molar-refractivity contribution in [1.29, 1.82) is 0 Å². The van der Waals surface area contributed by atoms with Crippen molar-refractivity contribution in [2.24, 2.45) is 11.7 Å². The van der Waals surface area contributed by atoms with E-state index in [9.17, 15) is 4.79 Å². The van der Waals surface area contributed by atoms with Crippen LogP contribution in [0.4, 0.5) is 4.79 Å². The van der Waals surface area contributed by atoms with Gasteiger partial charge in [0.15, 0.2) is 0 Å². The lowest BCUT2D eigenvalue weighted by Gasteiger charge is -2.04. The molecule has 0 aromatic carbocycles. The molecule has 4 nitrogen and oxygen atoms in total. The molecule has 0 aromatic rings. The molecule has 0 saturated heterocycles. The summed E-state index contributed by atoms with van der Waals surface area (Å²) in [5, 5.41) is 0. The van der Waals surface area contributed by atoms with Crippen LogP contribution in [0.5, 0.6) is 0 Å². The number of rotatable bonds is 4. The van der Waals surface area contributed by atoms with Crippen LogP contribution in [0.15, 0.2) is 0 Å². The minimum atomic E-state index is -0.649. The van der Waals surface area contributed by atoms with Crippen LogP contribution < -0.4 is 11.2 Å². The van der Waals surface area contributed by atoms with Crippen LogP contribution in [0.3, 0.4) is 0 Å². The largest absolute Gasteiger partial charge is 0.350 e. The SMILES string of the molecule is CC(C)CCONC(N)=O. The zero-order valence-electron chi connectivity index (χ0n) is 6.39. The number of carbonyl (C=O) groups excluding carboxylic acids is 1. The first kappa shape index (κ1) is 9.23. The zero-order valence-corrected chi connectivity index (χ0v) is 6.39. The Bertz CT molecular complexity index is 104. The highest BCUT2D eigenvalue weighted by atomic mass is 16.7. The molecule has 4 heteroatoms. The number of primary amides is 1. The lowest BCUT2D eigenvalue weighted by atomic mass is 10.1. The maximum atomic E-state index is 10.0. The van der Waals surface area contributed by atoms with E-state index in [2.05, 4.69) is 18.7 Å². The lowest BCUT2D eigenvalue weighted by Crippen LogP contribution is -2.29. The van der Waals surface area contributed by atoms with Gasteiger partial charge < -0.3 is 5.73 Å². The van der Waals surface area contributed by atoms with E-state index in [1.165, 1.54) is 0 Å². The average molecular weight is 146 g/mol. The Labute approximate surface area is 60.7 Å². The number of carbonyl (C=O) groups is 1. The maximum Gasteiger partial charge on any atom is 0.336 e. The Kier molecular flexibility index (Phi) is 4.66. The second-order valence-electron chi connectivity index (χ2n) is 2.50. The average Bonchev–Trinajstić information content (AvgIpc) is 1.79. The van der Waals surface area contributed by atoms with Crippen LogP contribution >= 0.6 is 0 Å². The quantitative estimate of drug-likeness (QED) is 0.451. The highest BCUT2D eigenvalue weighted by Crippen LogP contribution is 1.97. The molecule has 0 unspecified atom stereocenters. The number of nitrogens with one attached hydrogen (secondary N) is 1. The van der Waals surface area contributed by atoms with Crippen LogP contribution in [-0.4, -0.2) is 12.6 Å². The molecule has 0 aliphatic heterocycles. The Hall–Kier alpha value is -0.770. The van der Waals surface area contributed by atoms with Crippen molar-refractivity contribution in [2.75, 3.05) is 6.61 Å². The molecular formula is C6H14N2O2. The van der Waals surface area contributed by atoms with E-state index < -0.39 is 6.03 Å². The fourth-order valence-corrected chi connectivity index (χ4v) is 0.417. The van der Waals surface area contributed by atoms with Crippen molar-refractivity contribution < 1.29 is 9.63 Å². The van der Waals surface area contributed by atoms with Gasteiger partial charge >= 0.3 is 6.03 Å². The third-order valence-corrected chi connectivity index (χ3v) is 0.970. The lowest BCUT2D eigenvalue weighted by molar-refractivity contribution is 0.0574. The zero-order chi connectivity index (χ0) is 7.98. The van der Waals surface area contributed by atoms with Gasteiger partial charge in [0.05, 0.1) is 6.61 Å². The molecule has 2 amide bonds. The smallest absolute Gasteiger partial charge is 0.336 e.